The molecule has 0 radical (unpaired) electrons. The van der Waals surface area contributed by atoms with E-state index in [1.807, 2.05) is 39.0 Å². The van der Waals surface area contributed by atoms with E-state index in [-0.39, 0.29) is 11.7 Å². The van der Waals surface area contributed by atoms with Gasteiger partial charge in [0.05, 0.1) is 16.5 Å². The van der Waals surface area contributed by atoms with E-state index in [0.29, 0.717) is 33.6 Å². The van der Waals surface area contributed by atoms with Gasteiger partial charge in [0.2, 0.25) is 0 Å². The molecule has 0 atom stereocenters. The Balaban J connectivity index is 1.86. The van der Waals surface area contributed by atoms with Crippen molar-refractivity contribution in [3.05, 3.63) is 77.6 Å². The summed E-state index contributed by atoms with van der Waals surface area (Å²) in [4.78, 5) is 0.292. The van der Waals surface area contributed by atoms with E-state index in [0.717, 1.165) is 22.4 Å². The van der Waals surface area contributed by atoms with E-state index >= 15 is 0 Å². The van der Waals surface area contributed by atoms with E-state index in [1.165, 1.54) is 11.3 Å². The van der Waals surface area contributed by atoms with Gasteiger partial charge in [-0.05, 0) is 80.9 Å². The lowest BCUT2D eigenvalue weighted by Crippen LogP contribution is -2.07. The highest BCUT2D eigenvalue weighted by Crippen LogP contribution is 2.49. The molecule has 1 heterocycles. The second kappa shape index (κ2) is 8.47. The normalized spacial score (nSPS) is 11.9. The van der Waals surface area contributed by atoms with E-state index in [4.69, 9.17) is 9.47 Å². The maximum absolute atomic E-state index is 13.7. The van der Waals surface area contributed by atoms with Gasteiger partial charge in [-0.1, -0.05) is 6.07 Å². The summed E-state index contributed by atoms with van der Waals surface area (Å²) in [7, 11) is 0. The zero-order valence-electron chi connectivity index (χ0n) is 17.6. The molecule has 0 N–H and O–H groups in total. The lowest BCUT2D eigenvalue weighted by molar-refractivity contribution is -0.137. The van der Waals surface area contributed by atoms with Crippen LogP contribution < -0.4 is 9.47 Å². The Morgan fingerprint density at radius 3 is 2.22 bits per heavy atom. The molecule has 0 saturated heterocycles. The fraction of sp³-hybridized carbons (Fsp3) is 0.200. The van der Waals surface area contributed by atoms with Crippen LogP contribution in [0.2, 0.25) is 0 Å². The first-order chi connectivity index (χ1) is 15.1. The molecule has 0 aliphatic carbocycles. The van der Waals surface area contributed by atoms with Crippen LogP contribution in [0.4, 0.5) is 17.6 Å². The molecule has 32 heavy (non-hydrogen) atoms. The van der Waals surface area contributed by atoms with Gasteiger partial charge in [-0.2, -0.15) is 13.2 Å². The van der Waals surface area contributed by atoms with Crippen molar-refractivity contribution in [3.63, 3.8) is 0 Å². The van der Waals surface area contributed by atoms with E-state index in [2.05, 4.69) is 0 Å². The smallest absolute Gasteiger partial charge is 0.417 e. The molecule has 0 amide bonds. The number of rotatable bonds is 5. The molecule has 166 valence electrons. The number of benzene rings is 3. The molecule has 3 aromatic carbocycles. The first-order valence-corrected chi connectivity index (χ1v) is 10.8. The zero-order valence-corrected chi connectivity index (χ0v) is 18.4. The maximum atomic E-state index is 13.7. The molecule has 4 rings (SSSR count). The van der Waals surface area contributed by atoms with Crippen molar-refractivity contribution in [1.82, 2.24) is 0 Å². The number of hydrogen-bond donors (Lipinski definition) is 0. The fourth-order valence-electron chi connectivity index (χ4n) is 3.38. The number of halogens is 4. The standard InChI is InChI=1S/C25H20F4O2S/c1-14(2)30-17-6-8-18(9-7-17)31-23-20-10-4-15(3)12-22(20)32-24(23)19-11-5-16(26)13-21(19)25(27,28)29/h4-14H,1-3H3. The van der Waals surface area contributed by atoms with Crippen LogP contribution in [0, 0.1) is 12.7 Å². The number of hydrogen-bond acceptors (Lipinski definition) is 3. The van der Waals surface area contributed by atoms with Crippen molar-refractivity contribution in [3.8, 4) is 27.7 Å². The molecule has 0 bridgehead atoms. The van der Waals surface area contributed by atoms with Crippen molar-refractivity contribution < 1.29 is 27.0 Å². The number of thiophene rings is 1. The number of fused-ring (bicyclic) bond motifs is 1. The number of alkyl halides is 3. The molecule has 0 spiro atoms. The van der Waals surface area contributed by atoms with Crippen molar-refractivity contribution in [2.45, 2.75) is 33.1 Å². The van der Waals surface area contributed by atoms with Crippen LogP contribution in [0.5, 0.6) is 17.2 Å². The van der Waals surface area contributed by atoms with Crippen LogP contribution in [-0.2, 0) is 6.18 Å². The van der Waals surface area contributed by atoms with E-state index in [9.17, 15) is 17.6 Å². The Morgan fingerprint density at radius 2 is 1.56 bits per heavy atom. The second-order valence-electron chi connectivity index (χ2n) is 7.69. The fourth-order valence-corrected chi connectivity index (χ4v) is 4.65. The number of aryl methyl sites for hydroxylation is 1. The SMILES string of the molecule is Cc1ccc2c(Oc3ccc(OC(C)C)cc3)c(-c3ccc(F)cc3C(F)(F)F)sc2c1. The summed E-state index contributed by atoms with van der Waals surface area (Å²) < 4.78 is 67.4. The van der Waals surface area contributed by atoms with Crippen LogP contribution in [0.1, 0.15) is 25.0 Å². The Kier molecular flexibility index (Phi) is 5.86. The van der Waals surface area contributed by atoms with Gasteiger partial charge >= 0.3 is 6.18 Å². The van der Waals surface area contributed by atoms with Gasteiger partial charge in [0.25, 0.3) is 0 Å². The van der Waals surface area contributed by atoms with Crippen LogP contribution >= 0.6 is 11.3 Å². The van der Waals surface area contributed by atoms with Gasteiger partial charge in [-0.25, -0.2) is 4.39 Å². The summed E-state index contributed by atoms with van der Waals surface area (Å²) in [5, 5.41) is 0.690. The highest BCUT2D eigenvalue weighted by atomic mass is 32.1. The van der Waals surface area contributed by atoms with Gasteiger partial charge in [0.1, 0.15) is 17.3 Å². The summed E-state index contributed by atoms with van der Waals surface area (Å²) in [5.41, 5.74) is -0.180. The van der Waals surface area contributed by atoms with E-state index in [1.54, 1.807) is 24.3 Å². The topological polar surface area (TPSA) is 18.5 Å². The Labute approximate surface area is 187 Å². The highest BCUT2D eigenvalue weighted by molar-refractivity contribution is 7.22. The van der Waals surface area contributed by atoms with Crippen molar-refractivity contribution >= 4 is 21.4 Å². The van der Waals surface area contributed by atoms with Gasteiger partial charge in [-0.15, -0.1) is 11.3 Å². The third-order valence-corrected chi connectivity index (χ3v) is 5.91. The Morgan fingerprint density at radius 1 is 0.875 bits per heavy atom. The molecule has 0 fully saturated rings. The minimum absolute atomic E-state index is 0.0108. The lowest BCUT2D eigenvalue weighted by atomic mass is 10.0. The summed E-state index contributed by atoms with van der Waals surface area (Å²) in [6.45, 7) is 5.74. The summed E-state index contributed by atoms with van der Waals surface area (Å²) in [5.74, 6) is 0.482. The molecular formula is C25H20F4O2S. The van der Waals surface area contributed by atoms with Gasteiger partial charge < -0.3 is 9.47 Å². The Bertz CT molecular complexity index is 1260. The third-order valence-electron chi connectivity index (χ3n) is 4.75. The van der Waals surface area contributed by atoms with Gasteiger partial charge in [0, 0.05) is 15.6 Å². The highest BCUT2D eigenvalue weighted by Gasteiger charge is 2.35. The van der Waals surface area contributed by atoms with Crippen LogP contribution in [0.3, 0.4) is 0 Å². The van der Waals surface area contributed by atoms with Crippen molar-refractivity contribution in [2.75, 3.05) is 0 Å². The van der Waals surface area contributed by atoms with Crippen LogP contribution in [-0.4, -0.2) is 6.10 Å². The molecule has 2 nitrogen and oxygen atoms in total. The average Bonchev–Trinajstić information content (AvgIpc) is 3.05. The Hall–Kier alpha value is -3.06. The molecular weight excluding hydrogens is 440 g/mol. The summed E-state index contributed by atoms with van der Waals surface area (Å²) >= 11 is 1.19. The summed E-state index contributed by atoms with van der Waals surface area (Å²) in [6, 6.07) is 15.2. The quantitative estimate of drug-likeness (QED) is 0.278. The molecule has 0 unspecified atom stereocenters. The predicted molar refractivity (Wildman–Crippen MR) is 119 cm³/mol. The minimum atomic E-state index is -4.71. The van der Waals surface area contributed by atoms with Gasteiger partial charge in [-0.3, -0.25) is 0 Å². The molecule has 0 aliphatic heterocycles. The maximum Gasteiger partial charge on any atom is 0.417 e. The van der Waals surface area contributed by atoms with Crippen molar-refractivity contribution in [1.29, 1.82) is 0 Å². The average molecular weight is 460 g/mol. The molecule has 7 heteroatoms. The number of ether oxygens (including phenoxy) is 2. The molecule has 0 aliphatic rings. The van der Waals surface area contributed by atoms with Gasteiger partial charge in [0.15, 0.2) is 5.75 Å². The molecule has 0 saturated carbocycles. The minimum Gasteiger partial charge on any atom is -0.491 e. The summed E-state index contributed by atoms with van der Waals surface area (Å²) in [6.07, 6.45) is -4.70. The largest absolute Gasteiger partial charge is 0.491 e. The first kappa shape index (κ1) is 22.1. The van der Waals surface area contributed by atoms with Crippen molar-refractivity contribution in [2.24, 2.45) is 0 Å². The van der Waals surface area contributed by atoms with Crippen LogP contribution in [0.15, 0.2) is 60.7 Å². The monoisotopic (exact) mass is 460 g/mol. The zero-order chi connectivity index (χ0) is 23.0. The molecule has 4 aromatic rings. The first-order valence-electron chi connectivity index (χ1n) is 9.96. The lowest BCUT2D eigenvalue weighted by Gasteiger charge is -2.14. The third kappa shape index (κ3) is 4.58. The van der Waals surface area contributed by atoms with E-state index < -0.39 is 17.6 Å². The second-order valence-corrected chi connectivity index (χ2v) is 8.74. The van der Waals surface area contributed by atoms with Crippen LogP contribution in [0.25, 0.3) is 20.5 Å². The predicted octanol–water partition coefficient (Wildman–Crippen LogP) is 8.61. The molecule has 1 aromatic heterocycles.